The molecule has 84 valence electrons. The maximum absolute atomic E-state index is 9.45. The Labute approximate surface area is 93.1 Å². The molecule has 0 fully saturated rings. The fraction of sp³-hybridized carbons (Fsp3) is 0.571. The summed E-state index contributed by atoms with van der Waals surface area (Å²) in [5, 5.41) is 9.45. The van der Waals surface area contributed by atoms with E-state index in [1.165, 1.54) is 17.5 Å². The molecule has 0 saturated heterocycles. The normalized spacial score (nSPS) is 14.9. The van der Waals surface area contributed by atoms with Crippen LogP contribution in [0.15, 0.2) is 24.3 Å². The number of aliphatic hydroxyl groups is 1. The standard InChI is InChI=1S/C14H22O/c1-4-11(2)9-13(10-15)14-8-6-5-7-12(14)3/h5-8,11,13,15H,4,9-10H2,1-3H3. The molecular formula is C14H22O. The number of hydrogen-bond donors (Lipinski definition) is 1. The highest BCUT2D eigenvalue weighted by Gasteiger charge is 2.14. The van der Waals surface area contributed by atoms with Gasteiger partial charge in [0.1, 0.15) is 0 Å². The third-order valence-corrected chi connectivity index (χ3v) is 3.23. The van der Waals surface area contributed by atoms with Crippen LogP contribution in [0.1, 0.15) is 43.7 Å². The lowest BCUT2D eigenvalue weighted by Gasteiger charge is -2.20. The summed E-state index contributed by atoms with van der Waals surface area (Å²) < 4.78 is 0. The number of benzene rings is 1. The van der Waals surface area contributed by atoms with E-state index < -0.39 is 0 Å². The number of hydrogen-bond acceptors (Lipinski definition) is 1. The van der Waals surface area contributed by atoms with Crippen LogP contribution >= 0.6 is 0 Å². The Morgan fingerprint density at radius 3 is 2.47 bits per heavy atom. The summed E-state index contributed by atoms with van der Waals surface area (Å²) in [6.45, 7) is 6.84. The predicted octanol–water partition coefficient (Wildman–Crippen LogP) is 3.51. The van der Waals surface area contributed by atoms with Crippen molar-refractivity contribution in [3.63, 3.8) is 0 Å². The molecule has 0 aromatic heterocycles. The molecule has 0 aliphatic carbocycles. The average molecular weight is 206 g/mol. The summed E-state index contributed by atoms with van der Waals surface area (Å²) >= 11 is 0. The van der Waals surface area contributed by atoms with Crippen LogP contribution in [0.5, 0.6) is 0 Å². The zero-order chi connectivity index (χ0) is 11.3. The molecule has 0 heterocycles. The van der Waals surface area contributed by atoms with Crippen molar-refractivity contribution < 1.29 is 5.11 Å². The van der Waals surface area contributed by atoms with Gasteiger partial charge in [-0.05, 0) is 30.4 Å². The van der Waals surface area contributed by atoms with Crippen molar-refractivity contribution in [3.05, 3.63) is 35.4 Å². The van der Waals surface area contributed by atoms with Gasteiger partial charge in [0.15, 0.2) is 0 Å². The Morgan fingerprint density at radius 2 is 1.93 bits per heavy atom. The van der Waals surface area contributed by atoms with E-state index in [0.29, 0.717) is 11.8 Å². The Balaban J connectivity index is 2.78. The molecule has 1 heteroatoms. The second kappa shape index (κ2) is 5.92. The lowest BCUT2D eigenvalue weighted by Crippen LogP contribution is -2.10. The Kier molecular flexibility index (Phi) is 4.83. The van der Waals surface area contributed by atoms with Crippen LogP contribution in [-0.2, 0) is 0 Å². The smallest absolute Gasteiger partial charge is 0.0499 e. The van der Waals surface area contributed by atoms with Crippen LogP contribution < -0.4 is 0 Å². The van der Waals surface area contributed by atoms with Gasteiger partial charge in [-0.1, -0.05) is 44.5 Å². The minimum absolute atomic E-state index is 0.259. The van der Waals surface area contributed by atoms with Crippen molar-refractivity contribution >= 4 is 0 Å². The third-order valence-electron chi connectivity index (χ3n) is 3.23. The van der Waals surface area contributed by atoms with Gasteiger partial charge in [-0.2, -0.15) is 0 Å². The summed E-state index contributed by atoms with van der Waals surface area (Å²) in [4.78, 5) is 0. The molecule has 0 radical (unpaired) electrons. The molecule has 0 bridgehead atoms. The van der Waals surface area contributed by atoms with Crippen molar-refractivity contribution in [1.82, 2.24) is 0 Å². The number of rotatable bonds is 5. The fourth-order valence-corrected chi connectivity index (χ4v) is 2.00. The molecule has 1 aromatic carbocycles. The molecule has 2 atom stereocenters. The largest absolute Gasteiger partial charge is 0.396 e. The van der Waals surface area contributed by atoms with E-state index in [9.17, 15) is 5.11 Å². The first kappa shape index (κ1) is 12.3. The molecular weight excluding hydrogens is 184 g/mol. The molecule has 0 spiro atoms. The zero-order valence-corrected chi connectivity index (χ0v) is 10.0. The minimum atomic E-state index is 0.259. The van der Waals surface area contributed by atoms with Gasteiger partial charge in [-0.3, -0.25) is 0 Å². The van der Waals surface area contributed by atoms with Gasteiger partial charge in [-0.25, -0.2) is 0 Å². The van der Waals surface area contributed by atoms with Crippen LogP contribution in [0.25, 0.3) is 0 Å². The van der Waals surface area contributed by atoms with Crippen LogP contribution in [0.2, 0.25) is 0 Å². The third kappa shape index (κ3) is 3.35. The number of aliphatic hydroxyl groups excluding tert-OH is 1. The molecule has 0 saturated carbocycles. The van der Waals surface area contributed by atoms with E-state index in [1.807, 2.05) is 0 Å². The van der Waals surface area contributed by atoms with Crippen molar-refractivity contribution in [2.45, 2.75) is 39.5 Å². The van der Waals surface area contributed by atoms with E-state index in [1.54, 1.807) is 0 Å². The monoisotopic (exact) mass is 206 g/mol. The van der Waals surface area contributed by atoms with Gasteiger partial charge >= 0.3 is 0 Å². The van der Waals surface area contributed by atoms with Crippen molar-refractivity contribution in [1.29, 1.82) is 0 Å². The molecule has 0 aliphatic rings. The highest BCUT2D eigenvalue weighted by molar-refractivity contribution is 5.29. The highest BCUT2D eigenvalue weighted by Crippen LogP contribution is 2.26. The molecule has 0 amide bonds. The molecule has 2 unspecified atom stereocenters. The quantitative estimate of drug-likeness (QED) is 0.781. The lowest BCUT2D eigenvalue weighted by molar-refractivity contribution is 0.244. The van der Waals surface area contributed by atoms with Crippen LogP contribution in [0.3, 0.4) is 0 Å². The molecule has 0 aliphatic heterocycles. The van der Waals surface area contributed by atoms with Gasteiger partial charge < -0.3 is 5.11 Å². The highest BCUT2D eigenvalue weighted by atomic mass is 16.3. The van der Waals surface area contributed by atoms with Gasteiger partial charge in [-0.15, -0.1) is 0 Å². The van der Waals surface area contributed by atoms with Crippen molar-refractivity contribution in [2.24, 2.45) is 5.92 Å². The summed E-state index contributed by atoms with van der Waals surface area (Å²) in [6, 6.07) is 8.37. The topological polar surface area (TPSA) is 20.2 Å². The van der Waals surface area contributed by atoms with Gasteiger partial charge in [0.25, 0.3) is 0 Å². The van der Waals surface area contributed by atoms with E-state index in [0.717, 1.165) is 6.42 Å². The van der Waals surface area contributed by atoms with Crippen molar-refractivity contribution in [3.8, 4) is 0 Å². The second-order valence-corrected chi connectivity index (χ2v) is 4.49. The summed E-state index contributed by atoms with van der Waals surface area (Å²) in [6.07, 6.45) is 2.26. The molecule has 15 heavy (non-hydrogen) atoms. The first-order chi connectivity index (χ1) is 7.19. The summed E-state index contributed by atoms with van der Waals surface area (Å²) in [5.74, 6) is 0.989. The second-order valence-electron chi connectivity index (χ2n) is 4.49. The minimum Gasteiger partial charge on any atom is -0.396 e. The lowest BCUT2D eigenvalue weighted by atomic mass is 9.87. The molecule has 1 rings (SSSR count). The maximum atomic E-state index is 9.45. The van der Waals surface area contributed by atoms with E-state index in [4.69, 9.17) is 0 Å². The van der Waals surface area contributed by atoms with Gasteiger partial charge in [0.05, 0.1) is 0 Å². The SMILES string of the molecule is CCC(C)CC(CO)c1ccccc1C. The molecule has 1 nitrogen and oxygen atoms in total. The first-order valence-electron chi connectivity index (χ1n) is 5.85. The fourth-order valence-electron chi connectivity index (χ4n) is 2.00. The predicted molar refractivity (Wildman–Crippen MR) is 65.1 cm³/mol. The maximum Gasteiger partial charge on any atom is 0.0499 e. The molecule has 1 aromatic rings. The van der Waals surface area contributed by atoms with Crippen LogP contribution in [0.4, 0.5) is 0 Å². The number of aryl methyl sites for hydroxylation is 1. The first-order valence-corrected chi connectivity index (χ1v) is 5.85. The van der Waals surface area contributed by atoms with Crippen LogP contribution in [-0.4, -0.2) is 11.7 Å². The Morgan fingerprint density at radius 1 is 1.27 bits per heavy atom. The summed E-state index contributed by atoms with van der Waals surface area (Å²) in [7, 11) is 0. The Bertz CT molecular complexity index is 293. The molecule has 1 N–H and O–H groups in total. The van der Waals surface area contributed by atoms with Crippen molar-refractivity contribution in [2.75, 3.05) is 6.61 Å². The van der Waals surface area contributed by atoms with E-state index in [2.05, 4.69) is 45.0 Å². The van der Waals surface area contributed by atoms with Gasteiger partial charge in [0, 0.05) is 12.5 Å². The average Bonchev–Trinajstić information content (AvgIpc) is 2.26. The van der Waals surface area contributed by atoms with Crippen LogP contribution in [0, 0.1) is 12.8 Å². The van der Waals surface area contributed by atoms with E-state index >= 15 is 0 Å². The zero-order valence-electron chi connectivity index (χ0n) is 10.0. The summed E-state index contributed by atoms with van der Waals surface area (Å²) in [5.41, 5.74) is 2.60. The van der Waals surface area contributed by atoms with Gasteiger partial charge in [0.2, 0.25) is 0 Å². The van der Waals surface area contributed by atoms with E-state index in [-0.39, 0.29) is 6.61 Å². The Hall–Kier alpha value is -0.820.